The lowest BCUT2D eigenvalue weighted by atomic mass is 10.0. The van der Waals surface area contributed by atoms with Crippen LogP contribution in [0.2, 0.25) is 0 Å². The zero-order valence-corrected chi connectivity index (χ0v) is 15.3. The number of hydrogen-bond donors (Lipinski definition) is 0. The summed E-state index contributed by atoms with van der Waals surface area (Å²) in [6.07, 6.45) is 4.97. The zero-order chi connectivity index (χ0) is 19.9. The van der Waals surface area contributed by atoms with Gasteiger partial charge in [-0.15, -0.1) is 6.58 Å². The first-order chi connectivity index (χ1) is 13.6. The van der Waals surface area contributed by atoms with Crippen LogP contribution in [-0.4, -0.2) is 0 Å². The van der Waals surface area contributed by atoms with Gasteiger partial charge < -0.3 is 0 Å². The molecule has 0 radical (unpaired) electrons. The number of rotatable bonds is 5. The molecule has 3 aromatic rings. The lowest BCUT2D eigenvalue weighted by Crippen LogP contribution is -1.89. The summed E-state index contributed by atoms with van der Waals surface area (Å²) in [5.74, 6) is 3.45. The molecule has 0 aromatic heterocycles. The Morgan fingerprint density at radius 3 is 2.14 bits per heavy atom. The first-order valence-electron chi connectivity index (χ1n) is 9.03. The Kier molecular flexibility index (Phi) is 6.34. The van der Waals surface area contributed by atoms with Crippen molar-refractivity contribution in [3.05, 3.63) is 107 Å². The molecule has 3 aromatic carbocycles. The largest absolute Gasteiger partial charge is 0.206 e. The van der Waals surface area contributed by atoms with E-state index in [1.54, 1.807) is 6.07 Å². The predicted octanol–water partition coefficient (Wildman–Crippen LogP) is 6.68. The predicted molar refractivity (Wildman–Crippen MR) is 107 cm³/mol. The van der Waals surface area contributed by atoms with Gasteiger partial charge in [0, 0.05) is 16.7 Å². The topological polar surface area (TPSA) is 0 Å². The van der Waals surface area contributed by atoms with Gasteiger partial charge in [-0.3, -0.25) is 0 Å². The van der Waals surface area contributed by atoms with Crippen LogP contribution < -0.4 is 0 Å². The second-order valence-electron chi connectivity index (χ2n) is 6.45. The molecule has 0 atom stereocenters. The van der Waals surface area contributed by atoms with Crippen molar-refractivity contribution in [2.75, 3.05) is 0 Å². The molecule has 0 saturated carbocycles. The van der Waals surface area contributed by atoms with Crippen LogP contribution in [0.25, 0.3) is 11.1 Å². The number of benzene rings is 3. The molecule has 3 rings (SSSR count). The molecule has 0 saturated heterocycles. The number of aryl methyl sites for hydroxylation is 1. The smallest absolute Gasteiger partial charge is 0.159 e. The lowest BCUT2D eigenvalue weighted by Gasteiger charge is -2.05. The quantitative estimate of drug-likeness (QED) is 0.265. The van der Waals surface area contributed by atoms with E-state index < -0.39 is 17.5 Å². The Morgan fingerprint density at radius 2 is 1.46 bits per heavy atom. The SMILES string of the molecule is C=CCCCc1ccc(C#Cc2ccc(-c3ccc(F)c(F)c3)c(F)c2)cc1. The molecule has 0 bridgehead atoms. The van der Waals surface area contributed by atoms with Crippen molar-refractivity contribution in [1.82, 2.24) is 0 Å². The van der Waals surface area contributed by atoms with Crippen molar-refractivity contribution < 1.29 is 13.2 Å². The first-order valence-corrected chi connectivity index (χ1v) is 9.03. The van der Waals surface area contributed by atoms with E-state index >= 15 is 0 Å². The van der Waals surface area contributed by atoms with E-state index in [4.69, 9.17) is 0 Å². The molecule has 0 fully saturated rings. The van der Waals surface area contributed by atoms with Gasteiger partial charge in [-0.2, -0.15) is 0 Å². The second kappa shape index (κ2) is 9.10. The molecule has 0 aliphatic carbocycles. The molecule has 0 heterocycles. The van der Waals surface area contributed by atoms with E-state index in [1.165, 1.54) is 23.8 Å². The van der Waals surface area contributed by atoms with Crippen LogP contribution in [0.4, 0.5) is 13.2 Å². The van der Waals surface area contributed by atoms with E-state index in [0.717, 1.165) is 37.0 Å². The maximum atomic E-state index is 14.4. The summed E-state index contributed by atoms with van der Waals surface area (Å²) < 4.78 is 40.8. The maximum Gasteiger partial charge on any atom is 0.159 e. The monoisotopic (exact) mass is 376 g/mol. The number of unbranched alkanes of at least 4 members (excludes halogenated alkanes) is 1. The summed E-state index contributed by atoms with van der Waals surface area (Å²) >= 11 is 0. The highest BCUT2D eigenvalue weighted by molar-refractivity contribution is 5.65. The van der Waals surface area contributed by atoms with Gasteiger partial charge in [-0.05, 0) is 66.8 Å². The summed E-state index contributed by atoms with van der Waals surface area (Å²) in [7, 11) is 0. The standard InChI is InChI=1S/C25H19F3/c1-2-3-4-5-18-6-8-19(9-7-18)10-11-20-12-14-22(24(27)16-20)21-13-15-23(26)25(28)17-21/h2,6-9,12-17H,1,3-5H2. The van der Waals surface area contributed by atoms with E-state index in [0.29, 0.717) is 5.56 Å². The third-order valence-corrected chi connectivity index (χ3v) is 4.38. The fraction of sp³-hybridized carbons (Fsp3) is 0.120. The van der Waals surface area contributed by atoms with Gasteiger partial charge in [0.25, 0.3) is 0 Å². The summed E-state index contributed by atoms with van der Waals surface area (Å²) in [6, 6.07) is 15.8. The third kappa shape index (κ3) is 4.92. The molecule has 140 valence electrons. The molecule has 0 N–H and O–H groups in total. The van der Waals surface area contributed by atoms with Crippen LogP contribution in [-0.2, 0) is 6.42 Å². The highest BCUT2D eigenvalue weighted by Crippen LogP contribution is 2.25. The zero-order valence-electron chi connectivity index (χ0n) is 15.3. The Labute approximate surface area is 163 Å². The average Bonchev–Trinajstić information content (AvgIpc) is 2.70. The van der Waals surface area contributed by atoms with Crippen molar-refractivity contribution in [3.8, 4) is 23.0 Å². The van der Waals surface area contributed by atoms with Crippen molar-refractivity contribution >= 4 is 0 Å². The van der Waals surface area contributed by atoms with Gasteiger partial charge in [-0.1, -0.05) is 42.2 Å². The van der Waals surface area contributed by atoms with Crippen LogP contribution in [0.1, 0.15) is 29.5 Å². The second-order valence-corrected chi connectivity index (χ2v) is 6.45. The summed E-state index contributed by atoms with van der Waals surface area (Å²) in [5.41, 5.74) is 3.09. The van der Waals surface area contributed by atoms with Gasteiger partial charge in [0.05, 0.1) is 0 Å². The van der Waals surface area contributed by atoms with Gasteiger partial charge in [0.1, 0.15) is 5.82 Å². The van der Waals surface area contributed by atoms with E-state index in [9.17, 15) is 13.2 Å². The van der Waals surface area contributed by atoms with E-state index in [-0.39, 0.29) is 11.1 Å². The van der Waals surface area contributed by atoms with Gasteiger partial charge >= 0.3 is 0 Å². The Bertz CT molecular complexity index is 1040. The Morgan fingerprint density at radius 1 is 0.750 bits per heavy atom. The molecule has 28 heavy (non-hydrogen) atoms. The summed E-state index contributed by atoms with van der Waals surface area (Å²) in [4.78, 5) is 0. The molecule has 0 aliphatic heterocycles. The van der Waals surface area contributed by atoms with Crippen LogP contribution in [0.15, 0.2) is 73.3 Å². The van der Waals surface area contributed by atoms with Crippen molar-refractivity contribution in [1.29, 1.82) is 0 Å². The Hall–Kier alpha value is -3.25. The molecule has 3 heteroatoms. The lowest BCUT2D eigenvalue weighted by molar-refractivity contribution is 0.509. The van der Waals surface area contributed by atoms with E-state index in [2.05, 4.69) is 18.4 Å². The van der Waals surface area contributed by atoms with Crippen LogP contribution in [0.3, 0.4) is 0 Å². The first kappa shape index (κ1) is 19.5. The summed E-state index contributed by atoms with van der Waals surface area (Å²) in [5, 5.41) is 0. The molecular formula is C25H19F3. The molecule has 0 amide bonds. The van der Waals surface area contributed by atoms with E-state index in [1.807, 2.05) is 30.3 Å². The van der Waals surface area contributed by atoms with Crippen molar-refractivity contribution in [3.63, 3.8) is 0 Å². The van der Waals surface area contributed by atoms with Gasteiger partial charge in [0.15, 0.2) is 11.6 Å². The minimum absolute atomic E-state index is 0.202. The number of halogens is 3. The number of allylic oxidation sites excluding steroid dienone is 1. The van der Waals surface area contributed by atoms with Gasteiger partial charge in [-0.25, -0.2) is 13.2 Å². The maximum absolute atomic E-state index is 14.4. The molecule has 0 unspecified atom stereocenters. The normalized spacial score (nSPS) is 10.2. The van der Waals surface area contributed by atoms with Crippen molar-refractivity contribution in [2.45, 2.75) is 19.3 Å². The molecule has 0 aliphatic rings. The highest BCUT2D eigenvalue weighted by atomic mass is 19.2. The number of hydrogen-bond acceptors (Lipinski definition) is 0. The van der Waals surface area contributed by atoms with Crippen LogP contribution in [0, 0.1) is 29.3 Å². The fourth-order valence-corrected chi connectivity index (χ4v) is 2.84. The van der Waals surface area contributed by atoms with Crippen LogP contribution in [0.5, 0.6) is 0 Å². The van der Waals surface area contributed by atoms with Crippen LogP contribution >= 0.6 is 0 Å². The highest BCUT2D eigenvalue weighted by Gasteiger charge is 2.09. The fourth-order valence-electron chi connectivity index (χ4n) is 2.84. The Balaban J connectivity index is 1.74. The summed E-state index contributed by atoms with van der Waals surface area (Å²) in [6.45, 7) is 3.72. The molecule has 0 spiro atoms. The average molecular weight is 376 g/mol. The third-order valence-electron chi connectivity index (χ3n) is 4.38. The molecular weight excluding hydrogens is 357 g/mol. The van der Waals surface area contributed by atoms with Gasteiger partial charge in [0.2, 0.25) is 0 Å². The van der Waals surface area contributed by atoms with Crippen molar-refractivity contribution in [2.24, 2.45) is 0 Å². The molecule has 0 nitrogen and oxygen atoms in total. The minimum atomic E-state index is -1.01. The minimum Gasteiger partial charge on any atom is -0.206 e.